The first-order chi connectivity index (χ1) is 13.4. The largest absolute Gasteiger partial charge is 0.465 e. The van der Waals surface area contributed by atoms with Crippen LogP contribution in [0.4, 0.5) is 0 Å². The van der Waals surface area contributed by atoms with E-state index in [-0.39, 0.29) is 12.0 Å². The van der Waals surface area contributed by atoms with E-state index in [1.807, 2.05) is 44.2 Å². The van der Waals surface area contributed by atoms with Crippen LogP contribution < -0.4 is 0 Å². The highest BCUT2D eigenvalue weighted by Gasteiger charge is 2.30. The molecule has 2 aromatic carbocycles. The third-order valence-corrected chi connectivity index (χ3v) is 4.58. The zero-order chi connectivity index (χ0) is 20.1. The molecule has 148 valence electrons. The third-order valence-electron chi connectivity index (χ3n) is 4.11. The monoisotopic (exact) mass is 420 g/mol. The van der Waals surface area contributed by atoms with Gasteiger partial charge in [0.1, 0.15) is 5.76 Å². The lowest BCUT2D eigenvalue weighted by atomic mass is 10.0. The lowest BCUT2D eigenvalue weighted by molar-refractivity contribution is -0.191. The molecule has 0 bridgehead atoms. The van der Waals surface area contributed by atoms with E-state index in [1.165, 1.54) is 6.08 Å². The Bertz CT molecular complexity index is 808. The normalized spacial score (nSPS) is 20.8. The quantitative estimate of drug-likeness (QED) is 0.423. The van der Waals surface area contributed by atoms with Gasteiger partial charge < -0.3 is 14.2 Å². The van der Waals surface area contributed by atoms with Crippen molar-refractivity contribution in [3.05, 3.63) is 81.5 Å². The van der Waals surface area contributed by atoms with Gasteiger partial charge in [-0.15, -0.1) is 0 Å². The van der Waals surface area contributed by atoms with Crippen molar-refractivity contribution in [3.8, 4) is 0 Å². The Balaban J connectivity index is 1.86. The van der Waals surface area contributed by atoms with Crippen molar-refractivity contribution in [2.24, 2.45) is 5.92 Å². The van der Waals surface area contributed by atoms with Crippen LogP contribution in [-0.2, 0) is 19.0 Å². The van der Waals surface area contributed by atoms with Crippen LogP contribution in [0.5, 0.6) is 0 Å². The number of benzene rings is 2. The summed E-state index contributed by atoms with van der Waals surface area (Å²) in [6, 6.07) is 14.7. The van der Waals surface area contributed by atoms with Gasteiger partial charge >= 0.3 is 5.97 Å². The van der Waals surface area contributed by atoms with Crippen LogP contribution >= 0.6 is 23.2 Å². The third kappa shape index (κ3) is 5.74. The summed E-state index contributed by atoms with van der Waals surface area (Å²) in [5.41, 5.74) is 1.67. The number of carbonyl (C=O) groups excluding carboxylic acids is 1. The van der Waals surface area contributed by atoms with Gasteiger partial charge in [-0.2, -0.15) is 0 Å². The lowest BCUT2D eigenvalue weighted by Gasteiger charge is -2.33. The molecule has 0 N–H and O–H groups in total. The van der Waals surface area contributed by atoms with Gasteiger partial charge in [0.25, 0.3) is 0 Å². The molecule has 0 aromatic heterocycles. The summed E-state index contributed by atoms with van der Waals surface area (Å²) < 4.78 is 17.3. The SMILES string of the molecule is CC(C)COC(=O)/C=C1\C[C@@H](c2cccc(Cl)c2)O[C@@H](c2cccc(Cl)c2)O1. The average Bonchev–Trinajstić information content (AvgIpc) is 2.66. The second kappa shape index (κ2) is 9.46. The number of ether oxygens (including phenoxy) is 3. The Morgan fingerprint density at radius 3 is 2.43 bits per heavy atom. The van der Waals surface area contributed by atoms with Gasteiger partial charge in [-0.05, 0) is 35.7 Å². The number of carbonyl (C=O) groups is 1. The Hall–Kier alpha value is -2.01. The van der Waals surface area contributed by atoms with Crippen molar-refractivity contribution < 1.29 is 19.0 Å². The van der Waals surface area contributed by atoms with Crippen molar-refractivity contribution in [1.29, 1.82) is 0 Å². The molecule has 1 heterocycles. The molecule has 0 radical (unpaired) electrons. The fourth-order valence-electron chi connectivity index (χ4n) is 2.81. The van der Waals surface area contributed by atoms with Crippen LogP contribution in [0.1, 0.15) is 43.8 Å². The van der Waals surface area contributed by atoms with E-state index in [1.54, 1.807) is 18.2 Å². The van der Waals surface area contributed by atoms with Gasteiger partial charge in [0, 0.05) is 22.0 Å². The molecular weight excluding hydrogens is 399 g/mol. The van der Waals surface area contributed by atoms with E-state index in [0.717, 1.165) is 11.1 Å². The Labute approximate surface area is 175 Å². The summed E-state index contributed by atoms with van der Waals surface area (Å²) in [5.74, 6) is 0.326. The standard InChI is InChI=1S/C22H22Cl2O4/c1-14(2)13-26-21(25)12-19-11-20(15-5-3-7-17(23)9-15)28-22(27-19)16-6-4-8-18(24)10-16/h3-10,12,14,20,22H,11,13H2,1-2H3/b19-12+/t20-,22-/m0/s1. The van der Waals surface area contributed by atoms with Crippen molar-refractivity contribution in [3.63, 3.8) is 0 Å². The first-order valence-electron chi connectivity index (χ1n) is 9.11. The summed E-state index contributed by atoms with van der Waals surface area (Å²) in [5, 5.41) is 1.20. The molecule has 1 aliphatic heterocycles. The zero-order valence-electron chi connectivity index (χ0n) is 15.7. The lowest BCUT2D eigenvalue weighted by Crippen LogP contribution is -2.21. The van der Waals surface area contributed by atoms with Crippen LogP contribution in [0, 0.1) is 5.92 Å². The number of halogens is 2. The van der Waals surface area contributed by atoms with Crippen LogP contribution in [-0.4, -0.2) is 12.6 Å². The van der Waals surface area contributed by atoms with E-state index >= 15 is 0 Å². The van der Waals surface area contributed by atoms with Gasteiger partial charge in [-0.1, -0.05) is 61.3 Å². The second-order valence-corrected chi connectivity index (χ2v) is 7.90. The molecule has 0 amide bonds. The van der Waals surface area contributed by atoms with E-state index < -0.39 is 12.3 Å². The molecule has 6 heteroatoms. The van der Waals surface area contributed by atoms with E-state index in [2.05, 4.69) is 0 Å². The predicted molar refractivity (Wildman–Crippen MR) is 109 cm³/mol. The summed E-state index contributed by atoms with van der Waals surface area (Å²) in [4.78, 5) is 12.1. The number of hydrogen-bond donors (Lipinski definition) is 0. The average molecular weight is 421 g/mol. The highest BCUT2D eigenvalue weighted by molar-refractivity contribution is 6.30. The van der Waals surface area contributed by atoms with Crippen LogP contribution in [0.25, 0.3) is 0 Å². The maximum atomic E-state index is 12.1. The van der Waals surface area contributed by atoms with Crippen molar-refractivity contribution in [1.82, 2.24) is 0 Å². The number of esters is 1. The molecule has 0 saturated carbocycles. The van der Waals surface area contributed by atoms with E-state index in [9.17, 15) is 4.79 Å². The molecule has 1 aliphatic rings. The Morgan fingerprint density at radius 1 is 1.14 bits per heavy atom. The molecule has 2 aromatic rings. The van der Waals surface area contributed by atoms with Crippen molar-refractivity contribution in [2.75, 3.05) is 6.61 Å². The van der Waals surface area contributed by atoms with E-state index in [4.69, 9.17) is 37.4 Å². The zero-order valence-corrected chi connectivity index (χ0v) is 17.2. The second-order valence-electron chi connectivity index (χ2n) is 7.02. The van der Waals surface area contributed by atoms with Gasteiger partial charge in [-0.25, -0.2) is 4.79 Å². The first-order valence-corrected chi connectivity index (χ1v) is 9.86. The fraction of sp³-hybridized carbons (Fsp3) is 0.318. The molecule has 0 spiro atoms. The summed E-state index contributed by atoms with van der Waals surface area (Å²) >= 11 is 12.2. The molecule has 28 heavy (non-hydrogen) atoms. The smallest absolute Gasteiger partial charge is 0.334 e. The maximum Gasteiger partial charge on any atom is 0.334 e. The van der Waals surface area contributed by atoms with E-state index in [0.29, 0.717) is 28.8 Å². The van der Waals surface area contributed by atoms with Gasteiger partial charge in [0.05, 0.1) is 18.8 Å². The van der Waals surface area contributed by atoms with Crippen LogP contribution in [0.2, 0.25) is 10.0 Å². The minimum atomic E-state index is -0.694. The van der Waals surface area contributed by atoms with Crippen molar-refractivity contribution in [2.45, 2.75) is 32.7 Å². The number of hydrogen-bond acceptors (Lipinski definition) is 4. The Morgan fingerprint density at radius 2 is 1.79 bits per heavy atom. The van der Waals surface area contributed by atoms with Gasteiger partial charge in [-0.3, -0.25) is 0 Å². The fourth-order valence-corrected chi connectivity index (χ4v) is 3.21. The highest BCUT2D eigenvalue weighted by Crippen LogP contribution is 2.40. The molecule has 1 fully saturated rings. The van der Waals surface area contributed by atoms with Crippen LogP contribution in [0.15, 0.2) is 60.4 Å². The maximum absolute atomic E-state index is 12.1. The first kappa shape index (κ1) is 20.7. The topological polar surface area (TPSA) is 44.8 Å². The van der Waals surface area contributed by atoms with Gasteiger partial charge in [0.15, 0.2) is 0 Å². The van der Waals surface area contributed by atoms with Crippen molar-refractivity contribution >= 4 is 29.2 Å². The summed E-state index contributed by atoms with van der Waals surface area (Å²) in [6.45, 7) is 4.32. The molecule has 0 unspecified atom stereocenters. The van der Waals surface area contributed by atoms with Gasteiger partial charge in [0.2, 0.25) is 6.29 Å². The molecular formula is C22H22Cl2O4. The summed E-state index contributed by atoms with van der Waals surface area (Å²) in [7, 11) is 0. The number of rotatable bonds is 5. The highest BCUT2D eigenvalue weighted by atomic mass is 35.5. The predicted octanol–water partition coefficient (Wildman–Crippen LogP) is 6.25. The molecule has 1 saturated heterocycles. The molecule has 3 rings (SSSR count). The van der Waals surface area contributed by atoms with Crippen LogP contribution in [0.3, 0.4) is 0 Å². The molecule has 4 nitrogen and oxygen atoms in total. The molecule has 2 atom stereocenters. The minimum Gasteiger partial charge on any atom is -0.465 e. The summed E-state index contributed by atoms with van der Waals surface area (Å²) in [6.07, 6.45) is 0.773. The minimum absolute atomic E-state index is 0.261. The molecule has 0 aliphatic carbocycles. The Kier molecular flexibility index (Phi) is 7.00.